The summed E-state index contributed by atoms with van der Waals surface area (Å²) in [4.78, 5) is 4.11. The Morgan fingerprint density at radius 1 is 1.33 bits per heavy atom. The van der Waals surface area contributed by atoms with Gasteiger partial charge in [0.05, 0.1) is 5.69 Å². The summed E-state index contributed by atoms with van der Waals surface area (Å²) in [7, 11) is 0. The lowest BCUT2D eigenvalue weighted by atomic mass is 10.2. The summed E-state index contributed by atoms with van der Waals surface area (Å²) in [5, 5.41) is 8.96. The summed E-state index contributed by atoms with van der Waals surface area (Å²) < 4.78 is 0. The zero-order valence-electron chi connectivity index (χ0n) is 6.45. The molecule has 0 unspecified atom stereocenters. The van der Waals surface area contributed by atoms with Crippen LogP contribution in [0.15, 0.2) is 18.3 Å². The second kappa shape index (κ2) is 2.68. The van der Waals surface area contributed by atoms with Crippen molar-refractivity contribution >= 4 is 22.5 Å². The Morgan fingerprint density at radius 2 is 2.17 bits per heavy atom. The van der Waals surface area contributed by atoms with E-state index >= 15 is 0 Å². The molecule has 60 valence electrons. The summed E-state index contributed by atoms with van der Waals surface area (Å²) in [5.74, 6) is 0. The van der Waals surface area contributed by atoms with Gasteiger partial charge in [0.1, 0.15) is 5.52 Å². The molecule has 0 saturated carbocycles. The standard InChI is InChI=1S/C8H6ClN3/c1-5-6-3-2-4-10-7(6)8(9)12-11-5/h2-4H,1H3. The number of fused-ring (bicyclic) bond motifs is 1. The van der Waals surface area contributed by atoms with E-state index in [1.807, 2.05) is 19.1 Å². The van der Waals surface area contributed by atoms with Gasteiger partial charge in [0.15, 0.2) is 5.15 Å². The SMILES string of the molecule is Cc1nnc(Cl)c2ncccc12. The molecule has 4 heteroatoms. The topological polar surface area (TPSA) is 38.7 Å². The van der Waals surface area contributed by atoms with Gasteiger partial charge in [-0.2, -0.15) is 5.10 Å². The zero-order chi connectivity index (χ0) is 8.55. The van der Waals surface area contributed by atoms with Gasteiger partial charge < -0.3 is 0 Å². The number of nitrogens with zero attached hydrogens (tertiary/aromatic N) is 3. The fourth-order valence-electron chi connectivity index (χ4n) is 1.08. The van der Waals surface area contributed by atoms with Crippen LogP contribution in [0.1, 0.15) is 5.69 Å². The predicted molar refractivity (Wildman–Crippen MR) is 47.1 cm³/mol. The number of aromatic nitrogens is 3. The summed E-state index contributed by atoms with van der Waals surface area (Å²) in [6.45, 7) is 1.88. The molecule has 0 atom stereocenters. The molecule has 0 fully saturated rings. The van der Waals surface area contributed by atoms with Crippen molar-refractivity contribution in [2.75, 3.05) is 0 Å². The summed E-state index contributed by atoms with van der Waals surface area (Å²) >= 11 is 5.79. The first-order chi connectivity index (χ1) is 5.79. The molecule has 2 aromatic heterocycles. The van der Waals surface area contributed by atoms with Crippen molar-refractivity contribution in [2.45, 2.75) is 6.92 Å². The van der Waals surface area contributed by atoms with E-state index in [1.54, 1.807) is 6.20 Å². The van der Waals surface area contributed by atoms with Crippen LogP contribution in [-0.2, 0) is 0 Å². The van der Waals surface area contributed by atoms with E-state index in [0.29, 0.717) is 10.7 Å². The number of halogens is 1. The monoisotopic (exact) mass is 179 g/mol. The van der Waals surface area contributed by atoms with Crippen LogP contribution in [0.3, 0.4) is 0 Å². The molecular weight excluding hydrogens is 174 g/mol. The van der Waals surface area contributed by atoms with E-state index in [4.69, 9.17) is 11.6 Å². The average molecular weight is 180 g/mol. The predicted octanol–water partition coefficient (Wildman–Crippen LogP) is 1.99. The van der Waals surface area contributed by atoms with Gasteiger partial charge in [-0.25, -0.2) is 0 Å². The molecule has 3 nitrogen and oxygen atoms in total. The fraction of sp³-hybridized carbons (Fsp3) is 0.125. The highest BCUT2D eigenvalue weighted by Gasteiger charge is 2.03. The molecule has 12 heavy (non-hydrogen) atoms. The fourth-order valence-corrected chi connectivity index (χ4v) is 1.27. The normalized spacial score (nSPS) is 10.5. The van der Waals surface area contributed by atoms with Crippen LogP contribution in [0.4, 0.5) is 0 Å². The maximum absolute atomic E-state index is 5.79. The molecule has 2 heterocycles. The lowest BCUT2D eigenvalue weighted by Crippen LogP contribution is -1.91. The van der Waals surface area contributed by atoms with Crippen LogP contribution in [0.2, 0.25) is 5.15 Å². The van der Waals surface area contributed by atoms with Crippen LogP contribution >= 0.6 is 11.6 Å². The number of hydrogen-bond donors (Lipinski definition) is 0. The summed E-state index contributed by atoms with van der Waals surface area (Å²) in [5.41, 5.74) is 1.56. The minimum Gasteiger partial charge on any atom is -0.253 e. The van der Waals surface area contributed by atoms with Crippen molar-refractivity contribution in [2.24, 2.45) is 0 Å². The minimum absolute atomic E-state index is 0.358. The Kier molecular flexibility index (Phi) is 1.66. The van der Waals surface area contributed by atoms with Gasteiger partial charge in [-0.3, -0.25) is 4.98 Å². The Bertz CT molecular complexity index is 387. The van der Waals surface area contributed by atoms with E-state index in [2.05, 4.69) is 15.2 Å². The maximum Gasteiger partial charge on any atom is 0.177 e. The lowest BCUT2D eigenvalue weighted by molar-refractivity contribution is 0.997. The van der Waals surface area contributed by atoms with Crippen LogP contribution in [0, 0.1) is 6.92 Å². The highest BCUT2D eigenvalue weighted by atomic mass is 35.5. The Morgan fingerprint density at radius 3 is 2.92 bits per heavy atom. The summed E-state index contributed by atoms with van der Waals surface area (Å²) in [6.07, 6.45) is 1.69. The van der Waals surface area contributed by atoms with Gasteiger partial charge in [0.25, 0.3) is 0 Å². The van der Waals surface area contributed by atoms with Gasteiger partial charge in [-0.05, 0) is 19.1 Å². The zero-order valence-corrected chi connectivity index (χ0v) is 7.21. The van der Waals surface area contributed by atoms with Crippen LogP contribution in [0.5, 0.6) is 0 Å². The second-order valence-corrected chi connectivity index (χ2v) is 2.83. The van der Waals surface area contributed by atoms with Crippen molar-refractivity contribution in [3.05, 3.63) is 29.2 Å². The van der Waals surface area contributed by atoms with Crippen molar-refractivity contribution < 1.29 is 0 Å². The molecule has 0 radical (unpaired) electrons. The van der Waals surface area contributed by atoms with Crippen LogP contribution in [0.25, 0.3) is 10.9 Å². The molecule has 0 amide bonds. The molecule has 0 aliphatic heterocycles. The molecule has 0 N–H and O–H groups in total. The first kappa shape index (κ1) is 7.43. The lowest BCUT2D eigenvalue weighted by Gasteiger charge is -1.98. The third kappa shape index (κ3) is 1.02. The molecule has 2 rings (SSSR count). The molecule has 0 aliphatic rings. The van der Waals surface area contributed by atoms with Crippen LogP contribution < -0.4 is 0 Å². The molecular formula is C8H6ClN3. The van der Waals surface area contributed by atoms with Gasteiger partial charge >= 0.3 is 0 Å². The largest absolute Gasteiger partial charge is 0.253 e. The molecule has 0 saturated heterocycles. The Hall–Kier alpha value is -1.22. The second-order valence-electron chi connectivity index (χ2n) is 2.48. The third-order valence-corrected chi connectivity index (χ3v) is 1.94. The van der Waals surface area contributed by atoms with Crippen molar-refractivity contribution in [1.29, 1.82) is 0 Å². The number of aryl methyl sites for hydroxylation is 1. The summed E-state index contributed by atoms with van der Waals surface area (Å²) in [6, 6.07) is 3.78. The van der Waals surface area contributed by atoms with E-state index in [-0.39, 0.29) is 0 Å². The number of pyridine rings is 1. The number of rotatable bonds is 0. The number of hydrogen-bond acceptors (Lipinski definition) is 3. The third-order valence-electron chi connectivity index (χ3n) is 1.68. The minimum atomic E-state index is 0.358. The van der Waals surface area contributed by atoms with Gasteiger partial charge in [0.2, 0.25) is 0 Å². The quantitative estimate of drug-likeness (QED) is 0.621. The van der Waals surface area contributed by atoms with Crippen molar-refractivity contribution in [3.63, 3.8) is 0 Å². The smallest absolute Gasteiger partial charge is 0.177 e. The Labute approximate surface area is 74.4 Å². The van der Waals surface area contributed by atoms with E-state index in [9.17, 15) is 0 Å². The van der Waals surface area contributed by atoms with E-state index in [0.717, 1.165) is 11.1 Å². The molecule has 2 aromatic rings. The van der Waals surface area contributed by atoms with E-state index in [1.165, 1.54) is 0 Å². The first-order valence-corrected chi connectivity index (χ1v) is 3.90. The highest BCUT2D eigenvalue weighted by molar-refractivity contribution is 6.33. The Balaban J connectivity index is 2.95. The van der Waals surface area contributed by atoms with Gasteiger partial charge in [-0.1, -0.05) is 11.6 Å². The molecule has 0 aromatic carbocycles. The molecule has 0 aliphatic carbocycles. The van der Waals surface area contributed by atoms with Crippen molar-refractivity contribution in [1.82, 2.24) is 15.2 Å². The van der Waals surface area contributed by atoms with Crippen molar-refractivity contribution in [3.8, 4) is 0 Å². The van der Waals surface area contributed by atoms with Crippen LogP contribution in [-0.4, -0.2) is 15.2 Å². The molecule has 0 bridgehead atoms. The average Bonchev–Trinajstić information content (AvgIpc) is 2.12. The van der Waals surface area contributed by atoms with Gasteiger partial charge in [0, 0.05) is 11.6 Å². The maximum atomic E-state index is 5.79. The highest BCUT2D eigenvalue weighted by Crippen LogP contribution is 2.18. The first-order valence-electron chi connectivity index (χ1n) is 3.52. The van der Waals surface area contributed by atoms with Gasteiger partial charge in [-0.15, -0.1) is 5.10 Å². The molecule has 0 spiro atoms. The van der Waals surface area contributed by atoms with E-state index < -0.39 is 0 Å².